The highest BCUT2D eigenvalue weighted by atomic mass is 16.5. The monoisotopic (exact) mass is 450 g/mol. The van der Waals surface area contributed by atoms with Crippen molar-refractivity contribution >= 4 is 17.9 Å². The SMILES string of the molecule is C=C(C)C(=O)Oc1cccc(-c2ccc(OC(=O)C(=C)C)c(CCCCOC(=O)CC)c2)c1. The van der Waals surface area contributed by atoms with E-state index >= 15 is 0 Å². The van der Waals surface area contributed by atoms with E-state index in [0.29, 0.717) is 48.5 Å². The summed E-state index contributed by atoms with van der Waals surface area (Å²) in [6, 6.07) is 12.7. The summed E-state index contributed by atoms with van der Waals surface area (Å²) in [5.74, 6) is -0.326. The Kier molecular flexibility index (Phi) is 9.61. The van der Waals surface area contributed by atoms with Crippen LogP contribution < -0.4 is 9.47 Å². The molecule has 0 atom stereocenters. The third kappa shape index (κ3) is 8.07. The fourth-order valence-corrected chi connectivity index (χ4v) is 2.88. The zero-order valence-electron chi connectivity index (χ0n) is 19.4. The van der Waals surface area contributed by atoms with Crippen molar-refractivity contribution in [1.29, 1.82) is 0 Å². The topological polar surface area (TPSA) is 78.9 Å². The average molecular weight is 451 g/mol. The average Bonchev–Trinajstić information content (AvgIpc) is 2.79. The lowest BCUT2D eigenvalue weighted by atomic mass is 9.99. The van der Waals surface area contributed by atoms with Gasteiger partial charge in [-0.15, -0.1) is 0 Å². The molecule has 0 fully saturated rings. The summed E-state index contributed by atoms with van der Waals surface area (Å²) in [7, 11) is 0. The molecule has 0 aromatic heterocycles. The second-order valence-corrected chi connectivity index (χ2v) is 7.72. The number of carbonyl (C=O) groups excluding carboxylic acids is 3. The lowest BCUT2D eigenvalue weighted by Gasteiger charge is -2.13. The largest absolute Gasteiger partial charge is 0.466 e. The number of benzene rings is 2. The second kappa shape index (κ2) is 12.4. The van der Waals surface area contributed by atoms with Gasteiger partial charge in [0, 0.05) is 17.6 Å². The molecule has 6 heteroatoms. The minimum absolute atomic E-state index is 0.222. The molecule has 174 valence electrons. The molecule has 0 saturated carbocycles. The Morgan fingerprint density at radius 3 is 2.18 bits per heavy atom. The van der Waals surface area contributed by atoms with E-state index in [2.05, 4.69) is 13.2 Å². The summed E-state index contributed by atoms with van der Waals surface area (Å²) in [5.41, 5.74) is 3.19. The fourth-order valence-electron chi connectivity index (χ4n) is 2.88. The minimum atomic E-state index is -0.491. The van der Waals surface area contributed by atoms with Gasteiger partial charge in [0.25, 0.3) is 0 Å². The minimum Gasteiger partial charge on any atom is -0.466 e. The molecule has 33 heavy (non-hydrogen) atoms. The Bertz CT molecular complexity index is 1050. The van der Waals surface area contributed by atoms with Gasteiger partial charge in [0.2, 0.25) is 0 Å². The Balaban J connectivity index is 2.24. The zero-order chi connectivity index (χ0) is 24.4. The Morgan fingerprint density at radius 2 is 1.52 bits per heavy atom. The maximum absolute atomic E-state index is 12.1. The van der Waals surface area contributed by atoms with Gasteiger partial charge >= 0.3 is 17.9 Å². The first-order valence-electron chi connectivity index (χ1n) is 10.9. The molecule has 0 bridgehead atoms. The molecule has 0 aliphatic rings. The smallest absolute Gasteiger partial charge is 0.338 e. The molecular weight excluding hydrogens is 420 g/mol. The third-order valence-corrected chi connectivity index (χ3v) is 4.73. The molecule has 2 aromatic carbocycles. The van der Waals surface area contributed by atoms with Crippen LogP contribution in [0, 0.1) is 0 Å². The zero-order valence-corrected chi connectivity index (χ0v) is 19.4. The maximum atomic E-state index is 12.1. The third-order valence-electron chi connectivity index (χ3n) is 4.73. The van der Waals surface area contributed by atoms with E-state index in [1.165, 1.54) is 0 Å². The van der Waals surface area contributed by atoms with E-state index in [1.54, 1.807) is 45.0 Å². The van der Waals surface area contributed by atoms with Crippen LogP contribution in [-0.2, 0) is 25.5 Å². The van der Waals surface area contributed by atoms with Crippen LogP contribution in [-0.4, -0.2) is 24.5 Å². The van der Waals surface area contributed by atoms with Gasteiger partial charge in [0.05, 0.1) is 6.61 Å². The summed E-state index contributed by atoms with van der Waals surface area (Å²) in [6.07, 6.45) is 2.41. The molecule has 0 unspecified atom stereocenters. The van der Waals surface area contributed by atoms with Gasteiger partial charge < -0.3 is 14.2 Å². The van der Waals surface area contributed by atoms with E-state index in [-0.39, 0.29) is 5.97 Å². The van der Waals surface area contributed by atoms with Crippen LogP contribution in [0.1, 0.15) is 45.6 Å². The molecule has 2 rings (SSSR count). The van der Waals surface area contributed by atoms with Gasteiger partial charge in [-0.3, -0.25) is 4.79 Å². The van der Waals surface area contributed by atoms with Gasteiger partial charge in [-0.25, -0.2) is 9.59 Å². The molecule has 0 N–H and O–H groups in total. The molecule has 0 spiro atoms. The van der Waals surface area contributed by atoms with Crippen molar-refractivity contribution in [3.05, 3.63) is 72.3 Å². The van der Waals surface area contributed by atoms with E-state index < -0.39 is 11.9 Å². The quantitative estimate of drug-likeness (QED) is 0.192. The molecule has 6 nitrogen and oxygen atoms in total. The Morgan fingerprint density at radius 1 is 0.848 bits per heavy atom. The van der Waals surface area contributed by atoms with Crippen LogP contribution in [0.5, 0.6) is 11.5 Å². The lowest BCUT2D eigenvalue weighted by Crippen LogP contribution is -2.10. The molecule has 0 saturated heterocycles. The first-order valence-corrected chi connectivity index (χ1v) is 10.9. The molecular formula is C27H30O6. The number of aryl methyl sites for hydroxylation is 1. The van der Waals surface area contributed by atoms with Gasteiger partial charge in [0.1, 0.15) is 11.5 Å². The van der Waals surface area contributed by atoms with Crippen molar-refractivity contribution in [3.8, 4) is 22.6 Å². The molecule has 0 heterocycles. The highest BCUT2D eigenvalue weighted by Crippen LogP contribution is 2.30. The van der Waals surface area contributed by atoms with Gasteiger partial charge in [0.15, 0.2) is 0 Å². The Hall–Kier alpha value is -3.67. The van der Waals surface area contributed by atoms with E-state index in [0.717, 1.165) is 23.1 Å². The van der Waals surface area contributed by atoms with Crippen LogP contribution in [0.25, 0.3) is 11.1 Å². The molecule has 2 aromatic rings. The van der Waals surface area contributed by atoms with Crippen molar-refractivity contribution in [1.82, 2.24) is 0 Å². The van der Waals surface area contributed by atoms with Crippen molar-refractivity contribution in [2.24, 2.45) is 0 Å². The summed E-state index contributed by atoms with van der Waals surface area (Å²) in [4.78, 5) is 35.2. The highest BCUT2D eigenvalue weighted by molar-refractivity contribution is 5.89. The summed E-state index contributed by atoms with van der Waals surface area (Å²) >= 11 is 0. The fraction of sp³-hybridized carbons (Fsp3) is 0.296. The van der Waals surface area contributed by atoms with Crippen LogP contribution in [0.4, 0.5) is 0 Å². The van der Waals surface area contributed by atoms with Crippen molar-refractivity contribution in [3.63, 3.8) is 0 Å². The molecule has 0 amide bonds. The van der Waals surface area contributed by atoms with Crippen molar-refractivity contribution in [2.45, 2.75) is 46.5 Å². The molecule has 0 aliphatic heterocycles. The number of unbranched alkanes of at least 4 members (excludes halogenated alkanes) is 1. The normalized spacial score (nSPS) is 10.3. The number of esters is 3. The lowest BCUT2D eigenvalue weighted by molar-refractivity contribution is -0.143. The number of ether oxygens (including phenoxy) is 3. The second-order valence-electron chi connectivity index (χ2n) is 7.72. The van der Waals surface area contributed by atoms with Crippen molar-refractivity contribution in [2.75, 3.05) is 6.61 Å². The van der Waals surface area contributed by atoms with Gasteiger partial charge in [-0.1, -0.05) is 38.3 Å². The van der Waals surface area contributed by atoms with Crippen molar-refractivity contribution < 1.29 is 28.6 Å². The maximum Gasteiger partial charge on any atom is 0.338 e. The predicted octanol–water partition coefficient (Wildman–Crippen LogP) is 5.59. The van der Waals surface area contributed by atoms with Gasteiger partial charge in [-0.05, 0) is 74.1 Å². The van der Waals surface area contributed by atoms with E-state index in [4.69, 9.17) is 14.2 Å². The highest BCUT2D eigenvalue weighted by Gasteiger charge is 2.13. The Labute approximate surface area is 194 Å². The van der Waals surface area contributed by atoms with Crippen LogP contribution >= 0.6 is 0 Å². The summed E-state index contributed by atoms with van der Waals surface area (Å²) in [6.45, 7) is 12.5. The number of hydrogen-bond donors (Lipinski definition) is 0. The first-order chi connectivity index (χ1) is 15.7. The summed E-state index contributed by atoms with van der Waals surface area (Å²) < 4.78 is 16.0. The summed E-state index contributed by atoms with van der Waals surface area (Å²) in [5, 5.41) is 0. The molecule has 0 aliphatic carbocycles. The standard InChI is InChI=1S/C27H30O6/c1-6-25(28)31-15-8-7-10-22-16-21(13-14-24(22)33-27(30)19(4)5)20-11-9-12-23(17-20)32-26(29)18(2)3/h9,11-14,16-17H,2,4,6-8,10,15H2,1,3,5H3. The molecule has 0 radical (unpaired) electrons. The number of rotatable bonds is 11. The van der Waals surface area contributed by atoms with Crippen LogP contribution in [0.2, 0.25) is 0 Å². The number of hydrogen-bond acceptors (Lipinski definition) is 6. The van der Waals surface area contributed by atoms with Crippen LogP contribution in [0.3, 0.4) is 0 Å². The van der Waals surface area contributed by atoms with Gasteiger partial charge in [-0.2, -0.15) is 0 Å². The van der Waals surface area contributed by atoms with Crippen LogP contribution in [0.15, 0.2) is 66.8 Å². The van der Waals surface area contributed by atoms with E-state index in [9.17, 15) is 14.4 Å². The number of carbonyl (C=O) groups is 3. The first kappa shape index (κ1) is 25.6. The van der Waals surface area contributed by atoms with E-state index in [1.807, 2.05) is 18.2 Å². The predicted molar refractivity (Wildman–Crippen MR) is 127 cm³/mol.